The third kappa shape index (κ3) is 6.08. The van der Waals surface area contributed by atoms with Crippen LogP contribution in [0.3, 0.4) is 0 Å². The summed E-state index contributed by atoms with van der Waals surface area (Å²) < 4.78 is 0. The molecule has 0 aliphatic rings. The summed E-state index contributed by atoms with van der Waals surface area (Å²) in [6.07, 6.45) is 0.957. The molecule has 0 rings (SSSR count). The maximum absolute atomic E-state index is 10.1. The van der Waals surface area contributed by atoms with E-state index in [1.165, 1.54) is 0 Å². The molecule has 3 N–H and O–H groups in total. The van der Waals surface area contributed by atoms with Crippen LogP contribution in [0.1, 0.15) is 12.8 Å². The molecule has 0 radical (unpaired) electrons. The molecule has 0 saturated heterocycles. The maximum atomic E-state index is 10.1. The predicted octanol–water partition coefficient (Wildman–Crippen LogP) is 0.349. The topological polar surface area (TPSA) is 63.3 Å². The van der Waals surface area contributed by atoms with E-state index in [9.17, 15) is 4.79 Å². The molecular formula is C6H13NO2Se. The standard InChI is InChI=1S/C6H13NO2Se/c1-10-3-2-5(7)4-6(8)9/h5H,2-4,7H2,1H3,(H,8,9)/t5-/m0/s1. The van der Waals surface area contributed by atoms with Crippen LogP contribution in [0.25, 0.3) is 0 Å². The van der Waals surface area contributed by atoms with Crippen molar-refractivity contribution in [3.8, 4) is 0 Å². The second kappa shape index (κ2) is 5.71. The van der Waals surface area contributed by atoms with Gasteiger partial charge in [-0.1, -0.05) is 0 Å². The van der Waals surface area contributed by atoms with Gasteiger partial charge in [0.05, 0.1) is 0 Å². The van der Waals surface area contributed by atoms with E-state index in [-0.39, 0.29) is 12.5 Å². The van der Waals surface area contributed by atoms with E-state index in [4.69, 9.17) is 10.8 Å². The Hall–Kier alpha value is -0.0505. The number of nitrogens with two attached hydrogens (primary N) is 1. The van der Waals surface area contributed by atoms with Crippen molar-refractivity contribution in [2.24, 2.45) is 5.73 Å². The molecule has 0 aromatic rings. The first-order valence-corrected chi connectivity index (χ1v) is 6.05. The summed E-state index contributed by atoms with van der Waals surface area (Å²) in [5.74, 6) is 1.33. The van der Waals surface area contributed by atoms with E-state index in [1.807, 2.05) is 0 Å². The molecule has 3 nitrogen and oxygen atoms in total. The van der Waals surface area contributed by atoms with Crippen LogP contribution < -0.4 is 5.73 Å². The quantitative estimate of drug-likeness (QED) is 0.643. The average molecular weight is 210 g/mol. The minimum absolute atomic E-state index is 0.107. The molecule has 60 valence electrons. The van der Waals surface area contributed by atoms with Gasteiger partial charge >= 0.3 is 66.6 Å². The Bertz CT molecular complexity index is 108. The van der Waals surface area contributed by atoms with Gasteiger partial charge in [-0.05, 0) is 0 Å². The molecular weight excluding hydrogens is 197 g/mol. The number of hydrogen-bond acceptors (Lipinski definition) is 2. The molecule has 0 aliphatic heterocycles. The molecule has 0 heterocycles. The Labute approximate surface area is 67.1 Å². The zero-order valence-corrected chi connectivity index (χ0v) is 7.75. The molecule has 0 aromatic heterocycles. The van der Waals surface area contributed by atoms with E-state index in [2.05, 4.69) is 5.82 Å². The van der Waals surface area contributed by atoms with Crippen molar-refractivity contribution in [2.45, 2.75) is 30.0 Å². The Kier molecular flexibility index (Phi) is 5.68. The zero-order valence-electron chi connectivity index (χ0n) is 6.04. The van der Waals surface area contributed by atoms with Crippen molar-refractivity contribution >= 4 is 20.9 Å². The summed E-state index contributed by atoms with van der Waals surface area (Å²) in [7, 11) is 0. The van der Waals surface area contributed by atoms with Crippen LogP contribution in [0.15, 0.2) is 0 Å². The SMILES string of the molecule is C[Se]CC[C@H](N)CC(=O)O. The summed E-state index contributed by atoms with van der Waals surface area (Å²) >= 11 is 0.621. The van der Waals surface area contributed by atoms with Crippen LogP contribution in [0.2, 0.25) is 11.1 Å². The fraction of sp³-hybridized carbons (Fsp3) is 0.833. The summed E-state index contributed by atoms with van der Waals surface area (Å²) in [6.45, 7) is 0. The van der Waals surface area contributed by atoms with Crippen LogP contribution >= 0.6 is 0 Å². The van der Waals surface area contributed by atoms with E-state index < -0.39 is 5.97 Å². The van der Waals surface area contributed by atoms with Gasteiger partial charge in [-0.15, -0.1) is 0 Å². The fourth-order valence-electron chi connectivity index (χ4n) is 0.596. The van der Waals surface area contributed by atoms with Crippen molar-refractivity contribution in [1.82, 2.24) is 0 Å². The molecule has 0 spiro atoms. The molecule has 0 amide bonds. The van der Waals surface area contributed by atoms with Crippen molar-refractivity contribution in [3.63, 3.8) is 0 Å². The van der Waals surface area contributed by atoms with E-state index in [0.29, 0.717) is 15.0 Å². The Morgan fingerprint density at radius 3 is 2.80 bits per heavy atom. The molecule has 4 heteroatoms. The molecule has 0 bridgehead atoms. The van der Waals surface area contributed by atoms with Gasteiger partial charge in [0.15, 0.2) is 0 Å². The van der Waals surface area contributed by atoms with Crippen LogP contribution in [0.4, 0.5) is 0 Å². The summed E-state index contributed by atoms with van der Waals surface area (Å²) in [5, 5.41) is 9.39. The predicted molar refractivity (Wildman–Crippen MR) is 41.3 cm³/mol. The van der Waals surface area contributed by atoms with Crippen LogP contribution in [0, 0.1) is 0 Å². The van der Waals surface area contributed by atoms with E-state index in [1.54, 1.807) is 0 Å². The molecule has 10 heavy (non-hydrogen) atoms. The summed E-state index contributed by atoms with van der Waals surface area (Å²) in [4.78, 5) is 10.1. The van der Waals surface area contributed by atoms with Crippen molar-refractivity contribution in [1.29, 1.82) is 0 Å². The number of carbonyl (C=O) groups is 1. The second-order valence-corrected chi connectivity index (χ2v) is 4.21. The fourth-order valence-corrected chi connectivity index (χ4v) is 1.73. The van der Waals surface area contributed by atoms with Crippen LogP contribution in [-0.2, 0) is 4.79 Å². The third-order valence-electron chi connectivity index (χ3n) is 1.13. The molecule has 1 atom stereocenters. The molecule has 0 unspecified atom stereocenters. The van der Waals surface area contributed by atoms with Gasteiger partial charge in [-0.3, -0.25) is 0 Å². The molecule has 0 aliphatic carbocycles. The van der Waals surface area contributed by atoms with E-state index in [0.717, 1.165) is 11.7 Å². The molecule has 0 aromatic carbocycles. The normalized spacial score (nSPS) is 13.0. The Morgan fingerprint density at radius 1 is 1.80 bits per heavy atom. The van der Waals surface area contributed by atoms with Crippen LogP contribution in [0.5, 0.6) is 0 Å². The second-order valence-electron chi connectivity index (χ2n) is 2.14. The molecule has 0 fully saturated rings. The molecule has 0 saturated carbocycles. The third-order valence-corrected chi connectivity index (χ3v) is 2.48. The Balaban J connectivity index is 3.25. The number of carboxylic acids is 1. The van der Waals surface area contributed by atoms with E-state index >= 15 is 0 Å². The summed E-state index contributed by atoms with van der Waals surface area (Å²) in [5.41, 5.74) is 5.49. The monoisotopic (exact) mass is 211 g/mol. The first-order valence-electron chi connectivity index (χ1n) is 3.13. The first kappa shape index (κ1) is 9.95. The number of rotatable bonds is 5. The van der Waals surface area contributed by atoms with Gasteiger partial charge in [0.1, 0.15) is 0 Å². The average Bonchev–Trinajstić information content (AvgIpc) is 1.82. The van der Waals surface area contributed by atoms with Gasteiger partial charge in [0.25, 0.3) is 0 Å². The van der Waals surface area contributed by atoms with Gasteiger partial charge < -0.3 is 0 Å². The summed E-state index contributed by atoms with van der Waals surface area (Å²) in [6, 6.07) is -0.140. The zero-order chi connectivity index (χ0) is 7.98. The van der Waals surface area contributed by atoms with Gasteiger partial charge in [-0.2, -0.15) is 0 Å². The van der Waals surface area contributed by atoms with Crippen molar-refractivity contribution in [3.05, 3.63) is 0 Å². The van der Waals surface area contributed by atoms with Gasteiger partial charge in [0, 0.05) is 0 Å². The van der Waals surface area contributed by atoms with Crippen molar-refractivity contribution < 1.29 is 9.90 Å². The number of aliphatic carboxylic acids is 1. The number of carboxylic acid groups (broad SMARTS) is 1. The van der Waals surface area contributed by atoms with Crippen LogP contribution in [-0.4, -0.2) is 32.1 Å². The van der Waals surface area contributed by atoms with Crippen molar-refractivity contribution in [2.75, 3.05) is 0 Å². The minimum atomic E-state index is -0.795. The van der Waals surface area contributed by atoms with Gasteiger partial charge in [-0.25, -0.2) is 0 Å². The van der Waals surface area contributed by atoms with Gasteiger partial charge in [0.2, 0.25) is 0 Å². The first-order chi connectivity index (χ1) is 4.66. The Morgan fingerprint density at radius 2 is 2.40 bits per heavy atom. The number of hydrogen-bond donors (Lipinski definition) is 2.